The van der Waals surface area contributed by atoms with E-state index in [-0.39, 0.29) is 0 Å². The van der Waals surface area contributed by atoms with Gasteiger partial charge in [0.25, 0.3) is 0 Å². The van der Waals surface area contributed by atoms with Crippen LogP contribution in [0.2, 0.25) is 5.02 Å². The van der Waals surface area contributed by atoms with Gasteiger partial charge in [0.1, 0.15) is 0 Å². The minimum Gasteiger partial charge on any atom is -0.356 e. The molecule has 0 bridgehead atoms. The Bertz CT molecular complexity index is 518. The molecule has 1 saturated heterocycles. The van der Waals surface area contributed by atoms with Gasteiger partial charge in [0.05, 0.1) is 0 Å². The van der Waals surface area contributed by atoms with Crippen molar-refractivity contribution >= 4 is 17.6 Å². The number of benzene rings is 1. The number of nitrogens with zero attached hydrogens (tertiary/aromatic N) is 2. The summed E-state index contributed by atoms with van der Waals surface area (Å²) in [5.74, 6) is 1.70. The SMILES string of the molecule is CN=C(NCCCCN1CCCC(C)C1)NCc1ccccc1Cl. The Hall–Kier alpha value is -1.26. The lowest BCUT2D eigenvalue weighted by molar-refractivity contribution is 0.181. The van der Waals surface area contributed by atoms with Crippen molar-refractivity contribution in [1.29, 1.82) is 0 Å². The molecule has 1 heterocycles. The number of unbranched alkanes of at least 4 members (excludes halogenated alkanes) is 1. The van der Waals surface area contributed by atoms with Crippen LogP contribution in [-0.2, 0) is 6.54 Å². The fourth-order valence-corrected chi connectivity index (χ4v) is 3.40. The molecular formula is C19H31ClN4. The van der Waals surface area contributed by atoms with E-state index in [2.05, 4.69) is 27.4 Å². The molecule has 1 aliphatic heterocycles. The van der Waals surface area contributed by atoms with Gasteiger partial charge in [-0.05, 0) is 56.3 Å². The second kappa shape index (κ2) is 10.6. The molecule has 0 aromatic heterocycles. The van der Waals surface area contributed by atoms with Crippen molar-refractivity contribution in [1.82, 2.24) is 15.5 Å². The van der Waals surface area contributed by atoms with Crippen molar-refractivity contribution in [3.8, 4) is 0 Å². The number of aliphatic imine (C=N–C) groups is 1. The maximum Gasteiger partial charge on any atom is 0.191 e. The first-order valence-corrected chi connectivity index (χ1v) is 9.47. The van der Waals surface area contributed by atoms with E-state index in [1.165, 1.54) is 38.9 Å². The highest BCUT2D eigenvalue weighted by atomic mass is 35.5. The highest BCUT2D eigenvalue weighted by Gasteiger charge is 2.15. The summed E-state index contributed by atoms with van der Waals surface area (Å²) in [7, 11) is 1.80. The number of nitrogens with one attached hydrogen (secondary N) is 2. The highest BCUT2D eigenvalue weighted by molar-refractivity contribution is 6.31. The molecule has 24 heavy (non-hydrogen) atoms. The van der Waals surface area contributed by atoms with Gasteiger partial charge in [0.2, 0.25) is 0 Å². The van der Waals surface area contributed by atoms with E-state index in [1.807, 2.05) is 24.3 Å². The summed E-state index contributed by atoms with van der Waals surface area (Å²) in [5, 5.41) is 7.49. The van der Waals surface area contributed by atoms with Crippen LogP contribution in [0, 0.1) is 5.92 Å². The van der Waals surface area contributed by atoms with E-state index in [1.54, 1.807) is 7.05 Å². The van der Waals surface area contributed by atoms with Crippen LogP contribution in [0.25, 0.3) is 0 Å². The van der Waals surface area contributed by atoms with E-state index in [9.17, 15) is 0 Å². The maximum atomic E-state index is 6.18. The first-order valence-electron chi connectivity index (χ1n) is 9.09. The van der Waals surface area contributed by atoms with Crippen molar-refractivity contribution in [2.24, 2.45) is 10.9 Å². The summed E-state index contributed by atoms with van der Waals surface area (Å²) in [6.07, 6.45) is 5.16. The number of piperidine rings is 1. The van der Waals surface area contributed by atoms with Crippen LogP contribution in [0.15, 0.2) is 29.3 Å². The van der Waals surface area contributed by atoms with E-state index in [0.29, 0.717) is 6.54 Å². The van der Waals surface area contributed by atoms with Gasteiger partial charge in [-0.3, -0.25) is 4.99 Å². The number of hydrogen-bond donors (Lipinski definition) is 2. The van der Waals surface area contributed by atoms with Crippen LogP contribution in [0.5, 0.6) is 0 Å². The molecule has 5 heteroatoms. The third-order valence-corrected chi connectivity index (χ3v) is 4.93. The highest BCUT2D eigenvalue weighted by Crippen LogP contribution is 2.15. The van der Waals surface area contributed by atoms with Crippen LogP contribution >= 0.6 is 11.6 Å². The van der Waals surface area contributed by atoms with Crippen molar-refractivity contribution in [3.05, 3.63) is 34.9 Å². The Morgan fingerprint density at radius 3 is 2.88 bits per heavy atom. The smallest absolute Gasteiger partial charge is 0.191 e. The summed E-state index contributed by atoms with van der Waals surface area (Å²) in [4.78, 5) is 6.88. The number of halogens is 1. The zero-order valence-corrected chi connectivity index (χ0v) is 15.8. The lowest BCUT2D eigenvalue weighted by Crippen LogP contribution is -2.38. The van der Waals surface area contributed by atoms with Crippen molar-refractivity contribution in [2.45, 2.75) is 39.2 Å². The largest absolute Gasteiger partial charge is 0.356 e. The second-order valence-corrected chi connectivity index (χ2v) is 7.11. The average molecular weight is 351 g/mol. The zero-order valence-electron chi connectivity index (χ0n) is 15.0. The normalized spacial score (nSPS) is 19.3. The fourth-order valence-electron chi connectivity index (χ4n) is 3.20. The molecule has 1 unspecified atom stereocenters. The molecule has 0 saturated carbocycles. The zero-order chi connectivity index (χ0) is 17.2. The summed E-state index contributed by atoms with van der Waals surface area (Å²) < 4.78 is 0. The molecular weight excluding hydrogens is 320 g/mol. The van der Waals surface area contributed by atoms with Gasteiger partial charge in [0.15, 0.2) is 5.96 Å². The first kappa shape index (κ1) is 19.1. The standard InChI is InChI=1S/C19H31ClN4/c1-16-8-7-13-24(15-16)12-6-5-11-22-19(21-2)23-14-17-9-3-4-10-18(17)20/h3-4,9-10,16H,5-8,11-15H2,1-2H3,(H2,21,22,23). The first-order chi connectivity index (χ1) is 11.7. The monoisotopic (exact) mass is 350 g/mol. The number of guanidine groups is 1. The Balaban J connectivity index is 1.59. The molecule has 4 nitrogen and oxygen atoms in total. The number of rotatable bonds is 7. The molecule has 0 aliphatic carbocycles. The van der Waals surface area contributed by atoms with Crippen LogP contribution in [0.3, 0.4) is 0 Å². The average Bonchev–Trinajstić information content (AvgIpc) is 2.58. The third kappa shape index (κ3) is 6.70. The summed E-state index contributed by atoms with van der Waals surface area (Å²) in [6.45, 7) is 7.77. The van der Waals surface area contributed by atoms with E-state index in [0.717, 1.165) is 35.4 Å². The second-order valence-electron chi connectivity index (χ2n) is 6.70. The summed E-state index contributed by atoms with van der Waals surface area (Å²) in [6, 6.07) is 7.89. The maximum absolute atomic E-state index is 6.18. The minimum absolute atomic E-state index is 0.686. The Kier molecular flexibility index (Phi) is 8.40. The molecule has 0 radical (unpaired) electrons. The Morgan fingerprint density at radius 2 is 2.12 bits per heavy atom. The van der Waals surface area contributed by atoms with Crippen molar-refractivity contribution in [2.75, 3.05) is 33.2 Å². The van der Waals surface area contributed by atoms with E-state index in [4.69, 9.17) is 11.6 Å². The lowest BCUT2D eigenvalue weighted by Gasteiger charge is -2.30. The minimum atomic E-state index is 0.686. The van der Waals surface area contributed by atoms with Crippen LogP contribution in [-0.4, -0.2) is 44.1 Å². The predicted octanol–water partition coefficient (Wildman–Crippen LogP) is 3.52. The molecule has 1 aliphatic rings. The van der Waals surface area contributed by atoms with Crippen LogP contribution < -0.4 is 10.6 Å². The molecule has 2 rings (SSSR count). The summed E-state index contributed by atoms with van der Waals surface area (Å²) in [5.41, 5.74) is 1.08. The van der Waals surface area contributed by atoms with Gasteiger partial charge in [-0.2, -0.15) is 0 Å². The number of likely N-dealkylation sites (tertiary alicyclic amines) is 1. The third-order valence-electron chi connectivity index (χ3n) is 4.56. The number of hydrogen-bond acceptors (Lipinski definition) is 2. The quantitative estimate of drug-likeness (QED) is 0.449. The molecule has 2 N–H and O–H groups in total. The molecule has 1 atom stereocenters. The molecule has 1 aromatic carbocycles. The van der Waals surface area contributed by atoms with Crippen LogP contribution in [0.1, 0.15) is 38.2 Å². The van der Waals surface area contributed by atoms with Gasteiger partial charge in [0, 0.05) is 31.7 Å². The lowest BCUT2D eigenvalue weighted by atomic mass is 10.0. The van der Waals surface area contributed by atoms with Crippen molar-refractivity contribution in [3.63, 3.8) is 0 Å². The van der Waals surface area contributed by atoms with E-state index < -0.39 is 0 Å². The Labute approximate surface area is 151 Å². The topological polar surface area (TPSA) is 39.7 Å². The van der Waals surface area contributed by atoms with Gasteiger partial charge < -0.3 is 15.5 Å². The Morgan fingerprint density at radius 1 is 1.29 bits per heavy atom. The van der Waals surface area contributed by atoms with E-state index >= 15 is 0 Å². The molecule has 134 valence electrons. The van der Waals surface area contributed by atoms with Gasteiger partial charge in [-0.25, -0.2) is 0 Å². The van der Waals surface area contributed by atoms with Crippen LogP contribution in [0.4, 0.5) is 0 Å². The molecule has 1 aromatic rings. The van der Waals surface area contributed by atoms with Gasteiger partial charge >= 0.3 is 0 Å². The predicted molar refractivity (Wildman–Crippen MR) is 104 cm³/mol. The van der Waals surface area contributed by atoms with Gasteiger partial charge in [-0.1, -0.05) is 36.7 Å². The van der Waals surface area contributed by atoms with Crippen molar-refractivity contribution < 1.29 is 0 Å². The molecule has 0 spiro atoms. The van der Waals surface area contributed by atoms with Gasteiger partial charge in [-0.15, -0.1) is 0 Å². The molecule has 1 fully saturated rings. The fraction of sp³-hybridized carbons (Fsp3) is 0.632. The molecule has 0 amide bonds. The summed E-state index contributed by atoms with van der Waals surface area (Å²) >= 11 is 6.18.